The second-order valence-electron chi connectivity index (χ2n) is 7.60. The zero-order chi connectivity index (χ0) is 18.9. The molecule has 142 valence electrons. The molecule has 2 saturated heterocycles. The van der Waals surface area contributed by atoms with Crippen molar-refractivity contribution in [2.24, 2.45) is 5.92 Å². The molecule has 0 saturated carbocycles. The first kappa shape index (κ1) is 18.9. The zero-order valence-corrected chi connectivity index (χ0v) is 16.2. The standard InChI is InChI=1S/C19H26N2O4S/c1-14(2)12-21(17-9-11-26(24,25)13-17)19(23)15-5-7-16(8-6-15)20-10-3-4-18(20)22/h5-8,14,17H,3-4,9-13H2,1-2H3/t17-/m0/s1. The number of rotatable bonds is 5. The third-order valence-electron chi connectivity index (χ3n) is 4.97. The molecule has 26 heavy (non-hydrogen) atoms. The number of benzene rings is 1. The molecule has 1 aromatic rings. The number of sulfone groups is 1. The molecule has 0 unspecified atom stereocenters. The fourth-order valence-corrected chi connectivity index (χ4v) is 5.41. The molecule has 1 aromatic carbocycles. The van der Waals surface area contributed by atoms with Crippen molar-refractivity contribution in [1.82, 2.24) is 4.90 Å². The van der Waals surface area contributed by atoms with Crippen molar-refractivity contribution in [2.45, 2.75) is 39.2 Å². The van der Waals surface area contributed by atoms with Gasteiger partial charge in [0.2, 0.25) is 5.91 Å². The number of hydrogen-bond donors (Lipinski definition) is 0. The molecule has 0 bridgehead atoms. The van der Waals surface area contributed by atoms with Crippen LogP contribution in [0.3, 0.4) is 0 Å². The maximum atomic E-state index is 13.0. The van der Waals surface area contributed by atoms with E-state index in [0.29, 0.717) is 31.5 Å². The van der Waals surface area contributed by atoms with Crippen molar-refractivity contribution >= 4 is 27.3 Å². The first-order chi connectivity index (χ1) is 12.3. The van der Waals surface area contributed by atoms with E-state index in [4.69, 9.17) is 0 Å². The quantitative estimate of drug-likeness (QED) is 0.786. The minimum atomic E-state index is -3.05. The predicted molar refractivity (Wildman–Crippen MR) is 101 cm³/mol. The van der Waals surface area contributed by atoms with Crippen molar-refractivity contribution in [1.29, 1.82) is 0 Å². The van der Waals surface area contributed by atoms with Gasteiger partial charge in [-0.3, -0.25) is 9.59 Å². The Kier molecular flexibility index (Phi) is 5.37. The summed E-state index contributed by atoms with van der Waals surface area (Å²) in [5.41, 5.74) is 1.34. The predicted octanol–water partition coefficient (Wildman–Crippen LogP) is 2.10. The molecular formula is C19H26N2O4S. The van der Waals surface area contributed by atoms with Gasteiger partial charge < -0.3 is 9.80 Å². The van der Waals surface area contributed by atoms with Crippen LogP contribution in [0.25, 0.3) is 0 Å². The van der Waals surface area contributed by atoms with Crippen LogP contribution in [0.4, 0.5) is 5.69 Å². The average molecular weight is 378 g/mol. The summed E-state index contributed by atoms with van der Waals surface area (Å²) in [7, 11) is -3.05. The lowest BCUT2D eigenvalue weighted by molar-refractivity contribution is -0.117. The minimum Gasteiger partial charge on any atom is -0.334 e. The van der Waals surface area contributed by atoms with Gasteiger partial charge in [0.1, 0.15) is 0 Å². The summed E-state index contributed by atoms with van der Waals surface area (Å²) in [5, 5.41) is 0. The lowest BCUT2D eigenvalue weighted by Gasteiger charge is -2.30. The van der Waals surface area contributed by atoms with E-state index in [0.717, 1.165) is 12.1 Å². The summed E-state index contributed by atoms with van der Waals surface area (Å²) in [6.45, 7) is 5.29. The number of amides is 2. The summed E-state index contributed by atoms with van der Waals surface area (Å²) >= 11 is 0. The Morgan fingerprint density at radius 3 is 2.46 bits per heavy atom. The minimum absolute atomic E-state index is 0.0474. The van der Waals surface area contributed by atoms with Crippen LogP contribution < -0.4 is 4.90 Å². The lowest BCUT2D eigenvalue weighted by Crippen LogP contribution is -2.43. The molecule has 1 atom stereocenters. The Balaban J connectivity index is 1.79. The van der Waals surface area contributed by atoms with Crippen LogP contribution in [0.2, 0.25) is 0 Å². The van der Waals surface area contributed by atoms with E-state index in [1.165, 1.54) is 0 Å². The van der Waals surface area contributed by atoms with Crippen molar-refractivity contribution in [2.75, 3.05) is 29.5 Å². The van der Waals surface area contributed by atoms with E-state index in [1.807, 2.05) is 13.8 Å². The zero-order valence-electron chi connectivity index (χ0n) is 15.3. The largest absolute Gasteiger partial charge is 0.334 e. The van der Waals surface area contributed by atoms with Gasteiger partial charge in [0, 0.05) is 36.8 Å². The summed E-state index contributed by atoms with van der Waals surface area (Å²) in [5.74, 6) is 0.423. The molecule has 0 aromatic heterocycles. The molecule has 2 aliphatic heterocycles. The molecule has 7 heteroatoms. The molecule has 2 heterocycles. The van der Waals surface area contributed by atoms with Crippen molar-refractivity contribution < 1.29 is 18.0 Å². The number of carbonyl (C=O) groups excluding carboxylic acids is 2. The van der Waals surface area contributed by atoms with Gasteiger partial charge in [-0.15, -0.1) is 0 Å². The van der Waals surface area contributed by atoms with Gasteiger partial charge in [-0.2, -0.15) is 0 Å². The molecule has 2 aliphatic rings. The summed E-state index contributed by atoms with van der Waals surface area (Å²) in [6.07, 6.45) is 1.93. The van der Waals surface area contributed by atoms with Gasteiger partial charge in [0.25, 0.3) is 5.91 Å². The molecule has 0 spiro atoms. The molecule has 0 N–H and O–H groups in total. The van der Waals surface area contributed by atoms with Gasteiger partial charge in [-0.05, 0) is 43.0 Å². The van der Waals surface area contributed by atoms with E-state index in [9.17, 15) is 18.0 Å². The topological polar surface area (TPSA) is 74.8 Å². The summed E-state index contributed by atoms with van der Waals surface area (Å²) in [4.78, 5) is 28.3. The number of carbonyl (C=O) groups is 2. The Hall–Kier alpha value is -1.89. The molecule has 0 radical (unpaired) electrons. The van der Waals surface area contributed by atoms with Crippen LogP contribution in [-0.2, 0) is 14.6 Å². The SMILES string of the molecule is CC(C)CN(C(=O)c1ccc(N2CCCC2=O)cc1)[C@H]1CCS(=O)(=O)C1. The van der Waals surface area contributed by atoms with Crippen molar-refractivity contribution in [3.05, 3.63) is 29.8 Å². The van der Waals surface area contributed by atoms with E-state index in [2.05, 4.69) is 0 Å². The molecule has 6 nitrogen and oxygen atoms in total. The Morgan fingerprint density at radius 2 is 1.96 bits per heavy atom. The highest BCUT2D eigenvalue weighted by molar-refractivity contribution is 7.91. The second kappa shape index (κ2) is 7.39. The second-order valence-corrected chi connectivity index (χ2v) is 9.83. The number of hydrogen-bond acceptors (Lipinski definition) is 4. The fraction of sp³-hybridized carbons (Fsp3) is 0.579. The first-order valence-corrected chi connectivity index (χ1v) is 11.0. The van der Waals surface area contributed by atoms with E-state index in [-0.39, 0.29) is 35.3 Å². The number of nitrogens with zero attached hydrogens (tertiary/aromatic N) is 2. The van der Waals surface area contributed by atoms with Crippen molar-refractivity contribution in [3.63, 3.8) is 0 Å². The lowest BCUT2D eigenvalue weighted by atomic mass is 10.1. The fourth-order valence-electron chi connectivity index (χ4n) is 3.68. The Labute approximate surface area is 155 Å². The first-order valence-electron chi connectivity index (χ1n) is 9.18. The van der Waals surface area contributed by atoms with Crippen LogP contribution in [-0.4, -0.2) is 55.8 Å². The van der Waals surface area contributed by atoms with Gasteiger partial charge in [-0.25, -0.2) is 8.42 Å². The third-order valence-corrected chi connectivity index (χ3v) is 6.72. The van der Waals surface area contributed by atoms with Crippen LogP contribution in [0, 0.1) is 5.92 Å². The average Bonchev–Trinajstić information content (AvgIpc) is 3.17. The van der Waals surface area contributed by atoms with Crippen molar-refractivity contribution in [3.8, 4) is 0 Å². The van der Waals surface area contributed by atoms with Crippen LogP contribution in [0.1, 0.15) is 43.5 Å². The highest BCUT2D eigenvalue weighted by Gasteiger charge is 2.35. The third kappa shape index (κ3) is 4.09. The summed E-state index contributed by atoms with van der Waals surface area (Å²) in [6, 6.07) is 6.82. The molecule has 3 rings (SSSR count). The van der Waals surface area contributed by atoms with Gasteiger partial charge in [0.15, 0.2) is 9.84 Å². The molecule has 2 amide bonds. The smallest absolute Gasteiger partial charge is 0.254 e. The molecule has 2 fully saturated rings. The van der Waals surface area contributed by atoms with E-state index in [1.54, 1.807) is 34.1 Å². The molecule has 0 aliphatic carbocycles. The monoisotopic (exact) mass is 378 g/mol. The Bertz CT molecular complexity index is 786. The maximum Gasteiger partial charge on any atom is 0.254 e. The maximum absolute atomic E-state index is 13.0. The van der Waals surface area contributed by atoms with Crippen LogP contribution in [0.15, 0.2) is 24.3 Å². The normalized spacial score (nSPS) is 22.2. The number of anilines is 1. The van der Waals surface area contributed by atoms with Gasteiger partial charge in [0.05, 0.1) is 11.5 Å². The molecular weight excluding hydrogens is 352 g/mol. The van der Waals surface area contributed by atoms with Crippen LogP contribution in [0.5, 0.6) is 0 Å². The van der Waals surface area contributed by atoms with Crippen LogP contribution >= 0.6 is 0 Å². The highest BCUT2D eigenvalue weighted by Crippen LogP contribution is 2.24. The Morgan fingerprint density at radius 1 is 1.27 bits per heavy atom. The summed E-state index contributed by atoms with van der Waals surface area (Å²) < 4.78 is 23.7. The van der Waals surface area contributed by atoms with Gasteiger partial charge >= 0.3 is 0 Å². The van der Waals surface area contributed by atoms with Gasteiger partial charge in [-0.1, -0.05) is 13.8 Å². The highest BCUT2D eigenvalue weighted by atomic mass is 32.2. The van der Waals surface area contributed by atoms with E-state index >= 15 is 0 Å². The van der Waals surface area contributed by atoms with E-state index < -0.39 is 9.84 Å².